The number of Topliss-reactive ketones (excluding diaryl/α,β-unsaturated/α-hetero) is 1. The maximum Gasteiger partial charge on any atom is 0.140 e. The van der Waals surface area contributed by atoms with Crippen LogP contribution < -0.4 is 0 Å². The van der Waals surface area contributed by atoms with Crippen LogP contribution in [0.25, 0.3) is 0 Å². The summed E-state index contributed by atoms with van der Waals surface area (Å²) in [6.45, 7) is 6.70. The molecule has 0 aliphatic heterocycles. The lowest BCUT2D eigenvalue weighted by Crippen LogP contribution is -2.25. The van der Waals surface area contributed by atoms with E-state index in [-0.39, 0.29) is 0 Å². The van der Waals surface area contributed by atoms with Crippen molar-refractivity contribution in [2.75, 3.05) is 0 Å². The van der Waals surface area contributed by atoms with Gasteiger partial charge in [0.15, 0.2) is 0 Å². The van der Waals surface area contributed by atoms with Crippen LogP contribution in [0, 0.1) is 24.7 Å². The average molecular weight is 258 g/mol. The Morgan fingerprint density at radius 3 is 2.47 bits per heavy atom. The highest BCUT2D eigenvalue weighted by Crippen LogP contribution is 2.34. The fourth-order valence-corrected chi connectivity index (χ4v) is 3.28. The second-order valence-corrected chi connectivity index (χ2v) is 6.49. The number of hydrogen-bond donors (Lipinski definition) is 0. The summed E-state index contributed by atoms with van der Waals surface area (Å²) < 4.78 is 0. The predicted octanol–water partition coefficient (Wildman–Crippen LogP) is 4.57. The number of ketones is 1. The normalized spacial score (nSPS) is 23.6. The highest BCUT2D eigenvalue weighted by molar-refractivity contribution is 5.83. The van der Waals surface area contributed by atoms with Gasteiger partial charge in [-0.25, -0.2) is 0 Å². The van der Waals surface area contributed by atoms with Gasteiger partial charge in [0.1, 0.15) is 5.78 Å². The lowest BCUT2D eigenvalue weighted by atomic mass is 9.75. The minimum atomic E-state index is 0.315. The smallest absolute Gasteiger partial charge is 0.140 e. The largest absolute Gasteiger partial charge is 0.299 e. The Labute approximate surface area is 117 Å². The van der Waals surface area contributed by atoms with Gasteiger partial charge in [-0.2, -0.15) is 0 Å². The van der Waals surface area contributed by atoms with Crippen LogP contribution in [0.1, 0.15) is 50.7 Å². The summed E-state index contributed by atoms with van der Waals surface area (Å²) >= 11 is 0. The van der Waals surface area contributed by atoms with Gasteiger partial charge in [0.05, 0.1) is 0 Å². The molecule has 2 rings (SSSR count). The van der Waals surface area contributed by atoms with Crippen LogP contribution in [0.15, 0.2) is 24.3 Å². The molecule has 0 saturated heterocycles. The van der Waals surface area contributed by atoms with E-state index in [0.29, 0.717) is 18.1 Å². The van der Waals surface area contributed by atoms with Gasteiger partial charge < -0.3 is 0 Å². The molecule has 0 heterocycles. The number of aryl methyl sites for hydroxylation is 1. The zero-order valence-electron chi connectivity index (χ0n) is 12.5. The maximum atomic E-state index is 12.4. The van der Waals surface area contributed by atoms with E-state index < -0.39 is 0 Å². The molecule has 19 heavy (non-hydrogen) atoms. The molecule has 1 aliphatic carbocycles. The first kappa shape index (κ1) is 14.3. The fourth-order valence-electron chi connectivity index (χ4n) is 3.28. The molecule has 0 radical (unpaired) electrons. The Kier molecular flexibility index (Phi) is 4.79. The van der Waals surface area contributed by atoms with Gasteiger partial charge in [-0.15, -0.1) is 0 Å². The summed E-state index contributed by atoms with van der Waals surface area (Å²) in [5.74, 6) is 2.37. The van der Waals surface area contributed by atoms with Gasteiger partial charge in [0.25, 0.3) is 0 Å². The lowest BCUT2D eigenvalue weighted by Gasteiger charge is -2.30. The van der Waals surface area contributed by atoms with Gasteiger partial charge >= 0.3 is 0 Å². The monoisotopic (exact) mass is 258 g/mol. The molecule has 0 bridgehead atoms. The van der Waals surface area contributed by atoms with Crippen molar-refractivity contribution < 1.29 is 4.79 Å². The second-order valence-electron chi connectivity index (χ2n) is 6.49. The maximum absolute atomic E-state index is 12.4. The Morgan fingerprint density at radius 1 is 1.21 bits per heavy atom. The number of rotatable bonds is 4. The lowest BCUT2D eigenvalue weighted by molar-refractivity contribution is -0.123. The van der Waals surface area contributed by atoms with Crippen molar-refractivity contribution >= 4 is 5.78 Å². The van der Waals surface area contributed by atoms with Gasteiger partial charge in [0.2, 0.25) is 0 Å². The first-order valence-electron chi connectivity index (χ1n) is 7.64. The highest BCUT2D eigenvalue weighted by atomic mass is 16.1. The SMILES string of the molecule is Cc1cccc(CC(=O)C2CCC(C(C)C)CC2)c1. The number of carbonyl (C=O) groups excluding carboxylic acids is 1. The molecule has 0 amide bonds. The van der Waals surface area contributed by atoms with Crippen molar-refractivity contribution in [1.82, 2.24) is 0 Å². The van der Waals surface area contributed by atoms with Gasteiger partial charge in [-0.3, -0.25) is 4.79 Å². The van der Waals surface area contributed by atoms with Gasteiger partial charge in [0, 0.05) is 12.3 Å². The molecule has 1 aliphatic rings. The molecule has 1 aromatic rings. The summed E-state index contributed by atoms with van der Waals surface area (Å²) in [7, 11) is 0. The summed E-state index contributed by atoms with van der Waals surface area (Å²) in [6, 6.07) is 8.34. The summed E-state index contributed by atoms with van der Waals surface area (Å²) in [5, 5.41) is 0. The van der Waals surface area contributed by atoms with E-state index in [1.54, 1.807) is 0 Å². The first-order valence-corrected chi connectivity index (χ1v) is 7.64. The molecule has 0 atom stereocenters. The summed E-state index contributed by atoms with van der Waals surface area (Å²) in [4.78, 5) is 12.4. The standard InChI is InChI=1S/C18H26O/c1-13(2)16-7-9-17(10-8-16)18(19)12-15-6-4-5-14(3)11-15/h4-6,11,13,16-17H,7-10,12H2,1-3H3. The minimum absolute atomic E-state index is 0.315. The minimum Gasteiger partial charge on any atom is -0.299 e. The Balaban J connectivity index is 1.88. The van der Waals surface area contributed by atoms with Gasteiger partial charge in [-0.05, 0) is 50.0 Å². The molecule has 0 N–H and O–H groups in total. The van der Waals surface area contributed by atoms with Crippen LogP contribution >= 0.6 is 0 Å². The van der Waals surface area contributed by atoms with E-state index in [9.17, 15) is 4.79 Å². The molecular formula is C18H26O. The van der Waals surface area contributed by atoms with E-state index in [4.69, 9.17) is 0 Å². The molecule has 104 valence electrons. The third-order valence-electron chi connectivity index (χ3n) is 4.63. The van der Waals surface area contributed by atoms with Crippen molar-refractivity contribution in [2.24, 2.45) is 17.8 Å². The molecule has 1 heteroatoms. The Hall–Kier alpha value is -1.11. The third kappa shape index (κ3) is 3.92. The molecule has 1 nitrogen and oxygen atoms in total. The molecule has 1 fully saturated rings. The van der Waals surface area contributed by atoms with Crippen LogP contribution in [0.5, 0.6) is 0 Å². The Morgan fingerprint density at radius 2 is 1.89 bits per heavy atom. The number of hydrogen-bond acceptors (Lipinski definition) is 1. The average Bonchev–Trinajstić information content (AvgIpc) is 2.39. The van der Waals surface area contributed by atoms with E-state index in [2.05, 4.69) is 39.0 Å². The Bertz CT molecular complexity index is 425. The zero-order chi connectivity index (χ0) is 13.8. The number of carbonyl (C=O) groups is 1. The number of benzene rings is 1. The second kappa shape index (κ2) is 6.36. The van der Waals surface area contributed by atoms with Crippen molar-refractivity contribution in [1.29, 1.82) is 0 Å². The third-order valence-corrected chi connectivity index (χ3v) is 4.63. The van der Waals surface area contributed by atoms with Crippen LogP contribution in [0.3, 0.4) is 0 Å². The van der Waals surface area contributed by atoms with Crippen LogP contribution in [-0.2, 0) is 11.2 Å². The molecule has 0 spiro atoms. The quantitative estimate of drug-likeness (QED) is 0.773. The van der Waals surface area contributed by atoms with E-state index >= 15 is 0 Å². The van der Waals surface area contributed by atoms with E-state index in [0.717, 1.165) is 24.7 Å². The molecule has 0 aromatic heterocycles. The summed E-state index contributed by atoms with van der Waals surface area (Å²) in [5.41, 5.74) is 2.42. The van der Waals surface area contributed by atoms with E-state index in [1.807, 2.05) is 6.07 Å². The van der Waals surface area contributed by atoms with Gasteiger partial charge in [-0.1, -0.05) is 43.7 Å². The molecule has 1 saturated carbocycles. The highest BCUT2D eigenvalue weighted by Gasteiger charge is 2.27. The van der Waals surface area contributed by atoms with Crippen molar-refractivity contribution in [3.8, 4) is 0 Å². The zero-order valence-corrected chi connectivity index (χ0v) is 12.5. The molecular weight excluding hydrogens is 232 g/mol. The van der Waals surface area contributed by atoms with E-state index in [1.165, 1.54) is 24.0 Å². The molecule has 0 unspecified atom stereocenters. The molecule has 1 aromatic carbocycles. The van der Waals surface area contributed by atoms with Crippen LogP contribution in [-0.4, -0.2) is 5.78 Å². The summed E-state index contributed by atoms with van der Waals surface area (Å²) in [6.07, 6.45) is 5.31. The van der Waals surface area contributed by atoms with Crippen LogP contribution in [0.2, 0.25) is 0 Å². The topological polar surface area (TPSA) is 17.1 Å². The predicted molar refractivity (Wildman–Crippen MR) is 80.2 cm³/mol. The fraction of sp³-hybridized carbons (Fsp3) is 0.611. The van der Waals surface area contributed by atoms with Crippen molar-refractivity contribution in [2.45, 2.75) is 52.9 Å². The van der Waals surface area contributed by atoms with Crippen LogP contribution in [0.4, 0.5) is 0 Å². The van der Waals surface area contributed by atoms with Crippen molar-refractivity contribution in [3.63, 3.8) is 0 Å². The first-order chi connectivity index (χ1) is 9.06. The van der Waals surface area contributed by atoms with Crippen molar-refractivity contribution in [3.05, 3.63) is 35.4 Å².